The Balaban J connectivity index is 1.82. The number of likely N-dealkylation sites (N-methyl/N-ethyl adjacent to an activating group) is 1. The molecule has 3 nitrogen and oxygen atoms in total. The Kier molecular flexibility index (Phi) is 7.48. The molecule has 2 rings (SSSR count). The Labute approximate surface area is 131 Å². The van der Waals surface area contributed by atoms with E-state index < -0.39 is 0 Å². The molecule has 2 fully saturated rings. The standard InChI is InChI=1S/C18H36N2O/c1-4-7-15-9-10-18(19-5-2)16(12-15)13-20(3)14-17-8-6-11-21-17/h15-19H,4-14H2,1-3H3. The first-order valence-corrected chi connectivity index (χ1v) is 9.26. The Morgan fingerprint density at radius 1 is 1.14 bits per heavy atom. The van der Waals surface area contributed by atoms with E-state index in [2.05, 4.69) is 31.1 Å². The molecule has 0 amide bonds. The number of ether oxygens (including phenoxy) is 1. The molecule has 1 heterocycles. The number of rotatable bonds is 8. The summed E-state index contributed by atoms with van der Waals surface area (Å²) in [5.41, 5.74) is 0. The van der Waals surface area contributed by atoms with E-state index in [4.69, 9.17) is 4.74 Å². The summed E-state index contributed by atoms with van der Waals surface area (Å²) in [4.78, 5) is 2.53. The number of hydrogen-bond acceptors (Lipinski definition) is 3. The molecule has 1 aliphatic carbocycles. The second-order valence-corrected chi connectivity index (χ2v) is 7.25. The molecule has 124 valence electrons. The van der Waals surface area contributed by atoms with E-state index in [0.29, 0.717) is 6.10 Å². The van der Waals surface area contributed by atoms with Crippen LogP contribution >= 0.6 is 0 Å². The van der Waals surface area contributed by atoms with Gasteiger partial charge in [-0.15, -0.1) is 0 Å². The lowest BCUT2D eigenvalue weighted by Crippen LogP contribution is -2.46. The van der Waals surface area contributed by atoms with E-state index in [1.807, 2.05) is 0 Å². The fraction of sp³-hybridized carbons (Fsp3) is 1.00. The highest BCUT2D eigenvalue weighted by Crippen LogP contribution is 2.32. The van der Waals surface area contributed by atoms with Gasteiger partial charge in [-0.1, -0.05) is 26.7 Å². The van der Waals surface area contributed by atoms with Crippen molar-refractivity contribution in [3.05, 3.63) is 0 Å². The van der Waals surface area contributed by atoms with Gasteiger partial charge in [-0.25, -0.2) is 0 Å². The Morgan fingerprint density at radius 3 is 2.67 bits per heavy atom. The third-order valence-corrected chi connectivity index (χ3v) is 5.34. The van der Waals surface area contributed by atoms with Crippen molar-refractivity contribution >= 4 is 0 Å². The van der Waals surface area contributed by atoms with Crippen molar-refractivity contribution < 1.29 is 4.74 Å². The summed E-state index contributed by atoms with van der Waals surface area (Å²) >= 11 is 0. The lowest BCUT2D eigenvalue weighted by Gasteiger charge is -2.39. The van der Waals surface area contributed by atoms with Crippen molar-refractivity contribution in [2.24, 2.45) is 11.8 Å². The molecule has 0 spiro atoms. The van der Waals surface area contributed by atoms with E-state index in [0.717, 1.165) is 37.6 Å². The molecule has 21 heavy (non-hydrogen) atoms. The summed E-state index contributed by atoms with van der Waals surface area (Å²) < 4.78 is 5.79. The van der Waals surface area contributed by atoms with E-state index in [1.165, 1.54) is 51.5 Å². The van der Waals surface area contributed by atoms with Gasteiger partial charge >= 0.3 is 0 Å². The Hall–Kier alpha value is -0.120. The average molecular weight is 296 g/mol. The van der Waals surface area contributed by atoms with Gasteiger partial charge in [0.05, 0.1) is 6.10 Å². The van der Waals surface area contributed by atoms with Gasteiger partial charge in [-0.05, 0) is 57.5 Å². The minimum Gasteiger partial charge on any atom is -0.377 e. The minimum atomic E-state index is 0.489. The lowest BCUT2D eigenvalue weighted by molar-refractivity contribution is 0.0672. The van der Waals surface area contributed by atoms with Gasteiger partial charge in [0.1, 0.15) is 0 Å². The van der Waals surface area contributed by atoms with Crippen molar-refractivity contribution in [2.45, 2.75) is 70.9 Å². The highest BCUT2D eigenvalue weighted by molar-refractivity contribution is 4.86. The van der Waals surface area contributed by atoms with Gasteiger partial charge in [0.2, 0.25) is 0 Å². The Bertz CT molecular complexity index is 278. The summed E-state index contributed by atoms with van der Waals surface area (Å²) in [6.45, 7) is 9.00. The van der Waals surface area contributed by atoms with Gasteiger partial charge in [0, 0.05) is 25.7 Å². The lowest BCUT2D eigenvalue weighted by atomic mass is 9.76. The van der Waals surface area contributed by atoms with E-state index in [-0.39, 0.29) is 0 Å². The van der Waals surface area contributed by atoms with E-state index >= 15 is 0 Å². The Morgan fingerprint density at radius 2 is 2.00 bits per heavy atom. The second kappa shape index (κ2) is 9.12. The molecule has 0 radical (unpaired) electrons. The molecule has 0 aromatic carbocycles. The van der Waals surface area contributed by atoms with Crippen LogP contribution in [-0.4, -0.2) is 50.3 Å². The molecule has 2 aliphatic rings. The first-order valence-electron chi connectivity index (χ1n) is 9.26. The maximum atomic E-state index is 5.79. The van der Waals surface area contributed by atoms with Crippen LogP contribution in [0.25, 0.3) is 0 Å². The molecule has 1 aliphatic heterocycles. The van der Waals surface area contributed by atoms with Gasteiger partial charge in [0.15, 0.2) is 0 Å². The zero-order valence-corrected chi connectivity index (χ0v) is 14.4. The van der Waals surface area contributed by atoms with E-state index in [9.17, 15) is 0 Å². The molecular weight excluding hydrogens is 260 g/mol. The number of hydrogen-bond donors (Lipinski definition) is 1. The van der Waals surface area contributed by atoms with Crippen LogP contribution in [0.4, 0.5) is 0 Å². The zero-order valence-electron chi connectivity index (χ0n) is 14.4. The van der Waals surface area contributed by atoms with Crippen LogP contribution < -0.4 is 5.32 Å². The quantitative estimate of drug-likeness (QED) is 0.744. The first-order chi connectivity index (χ1) is 10.2. The largest absolute Gasteiger partial charge is 0.377 e. The summed E-state index contributed by atoms with van der Waals surface area (Å²) in [6.07, 6.45) is 9.97. The topological polar surface area (TPSA) is 24.5 Å². The third-order valence-electron chi connectivity index (χ3n) is 5.34. The molecule has 3 heteroatoms. The van der Waals surface area contributed by atoms with E-state index in [1.54, 1.807) is 0 Å². The normalized spacial score (nSPS) is 33.7. The molecular formula is C18H36N2O. The van der Waals surface area contributed by atoms with Crippen molar-refractivity contribution in [3.63, 3.8) is 0 Å². The van der Waals surface area contributed by atoms with Crippen LogP contribution in [0.5, 0.6) is 0 Å². The van der Waals surface area contributed by atoms with Crippen molar-refractivity contribution in [1.29, 1.82) is 0 Å². The zero-order chi connectivity index (χ0) is 15.1. The summed E-state index contributed by atoms with van der Waals surface area (Å²) in [5, 5.41) is 3.74. The molecule has 0 aromatic heterocycles. The van der Waals surface area contributed by atoms with Gasteiger partial charge in [-0.3, -0.25) is 0 Å². The van der Waals surface area contributed by atoms with Gasteiger partial charge < -0.3 is 15.0 Å². The molecule has 1 saturated carbocycles. The number of nitrogens with one attached hydrogen (secondary N) is 1. The highest BCUT2D eigenvalue weighted by Gasteiger charge is 2.30. The average Bonchev–Trinajstić information content (AvgIpc) is 2.95. The van der Waals surface area contributed by atoms with Crippen LogP contribution in [-0.2, 0) is 4.74 Å². The molecule has 0 bridgehead atoms. The second-order valence-electron chi connectivity index (χ2n) is 7.25. The summed E-state index contributed by atoms with van der Waals surface area (Å²) in [6, 6.07) is 0.732. The van der Waals surface area contributed by atoms with Crippen LogP contribution in [0.2, 0.25) is 0 Å². The van der Waals surface area contributed by atoms with Crippen LogP contribution in [0.15, 0.2) is 0 Å². The van der Waals surface area contributed by atoms with Crippen LogP contribution in [0.1, 0.15) is 58.8 Å². The minimum absolute atomic E-state index is 0.489. The fourth-order valence-electron chi connectivity index (χ4n) is 4.38. The molecule has 0 aromatic rings. The molecule has 1 N–H and O–H groups in total. The van der Waals surface area contributed by atoms with Gasteiger partial charge in [-0.2, -0.15) is 0 Å². The van der Waals surface area contributed by atoms with Crippen molar-refractivity contribution in [3.8, 4) is 0 Å². The highest BCUT2D eigenvalue weighted by atomic mass is 16.5. The van der Waals surface area contributed by atoms with Gasteiger partial charge in [0.25, 0.3) is 0 Å². The fourth-order valence-corrected chi connectivity index (χ4v) is 4.38. The summed E-state index contributed by atoms with van der Waals surface area (Å²) in [7, 11) is 2.29. The number of nitrogens with zero attached hydrogens (tertiary/aromatic N) is 1. The maximum absolute atomic E-state index is 5.79. The molecule has 1 saturated heterocycles. The van der Waals surface area contributed by atoms with Crippen molar-refractivity contribution in [2.75, 3.05) is 33.3 Å². The molecule has 4 atom stereocenters. The van der Waals surface area contributed by atoms with Crippen molar-refractivity contribution in [1.82, 2.24) is 10.2 Å². The maximum Gasteiger partial charge on any atom is 0.0702 e. The molecule has 4 unspecified atom stereocenters. The predicted octanol–water partition coefficient (Wildman–Crippen LogP) is 3.29. The monoisotopic (exact) mass is 296 g/mol. The van der Waals surface area contributed by atoms with Crippen LogP contribution in [0, 0.1) is 11.8 Å². The smallest absolute Gasteiger partial charge is 0.0702 e. The first kappa shape index (κ1) is 17.2. The van der Waals surface area contributed by atoms with Crippen LogP contribution in [0.3, 0.4) is 0 Å². The predicted molar refractivity (Wildman–Crippen MR) is 89.7 cm³/mol. The summed E-state index contributed by atoms with van der Waals surface area (Å²) in [5.74, 6) is 1.78. The third kappa shape index (κ3) is 5.54. The SMILES string of the molecule is CCCC1CCC(NCC)C(CN(C)CC2CCCO2)C1.